The van der Waals surface area contributed by atoms with Gasteiger partial charge in [-0.3, -0.25) is 4.79 Å². The molecule has 6 nitrogen and oxygen atoms in total. The maximum atomic E-state index is 13.8. The zero-order valence-electron chi connectivity index (χ0n) is 14.3. The predicted molar refractivity (Wildman–Crippen MR) is 86.3 cm³/mol. The van der Waals surface area contributed by atoms with Gasteiger partial charge in [0.2, 0.25) is 5.91 Å². The van der Waals surface area contributed by atoms with Crippen molar-refractivity contribution in [2.75, 3.05) is 13.7 Å². The second-order valence-electron chi connectivity index (χ2n) is 5.87. The summed E-state index contributed by atoms with van der Waals surface area (Å²) in [5.41, 5.74) is 0.114. The van der Waals surface area contributed by atoms with Crippen LogP contribution in [0.4, 0.5) is 4.39 Å². The predicted octanol–water partition coefficient (Wildman–Crippen LogP) is 2.53. The molecule has 2 atom stereocenters. The van der Waals surface area contributed by atoms with E-state index in [1.807, 2.05) is 13.8 Å². The number of aliphatic carboxylic acids is 1. The van der Waals surface area contributed by atoms with Crippen molar-refractivity contribution in [1.29, 1.82) is 0 Å². The van der Waals surface area contributed by atoms with Crippen LogP contribution in [0.5, 0.6) is 5.75 Å². The Morgan fingerprint density at radius 3 is 2.46 bits per heavy atom. The number of carbonyl (C=O) groups excluding carboxylic acids is 1. The van der Waals surface area contributed by atoms with Crippen molar-refractivity contribution in [2.45, 2.75) is 39.3 Å². The molecule has 24 heavy (non-hydrogen) atoms. The number of nitrogens with one attached hydrogen (secondary N) is 1. The van der Waals surface area contributed by atoms with Gasteiger partial charge in [0.25, 0.3) is 0 Å². The van der Waals surface area contributed by atoms with Gasteiger partial charge in [-0.2, -0.15) is 0 Å². The SMILES string of the molecule is COc1ccc(C(NC(=O)C(C)OCCC(C)C)C(=O)O)cc1F. The van der Waals surface area contributed by atoms with Crippen molar-refractivity contribution < 1.29 is 28.6 Å². The Hall–Kier alpha value is -2.15. The molecule has 0 spiro atoms. The van der Waals surface area contributed by atoms with E-state index in [0.29, 0.717) is 12.5 Å². The number of methoxy groups -OCH3 is 1. The lowest BCUT2D eigenvalue weighted by atomic mass is 10.1. The number of carboxylic acids is 1. The van der Waals surface area contributed by atoms with E-state index in [1.54, 1.807) is 6.92 Å². The Morgan fingerprint density at radius 2 is 1.96 bits per heavy atom. The number of rotatable bonds is 9. The molecule has 0 aliphatic rings. The highest BCUT2D eigenvalue weighted by molar-refractivity contribution is 5.86. The zero-order chi connectivity index (χ0) is 18.3. The van der Waals surface area contributed by atoms with Crippen LogP contribution in [0.1, 0.15) is 38.8 Å². The highest BCUT2D eigenvalue weighted by Gasteiger charge is 2.26. The number of amides is 1. The van der Waals surface area contributed by atoms with E-state index in [2.05, 4.69) is 5.32 Å². The molecule has 1 aromatic carbocycles. The minimum absolute atomic E-state index is 0.000368. The largest absolute Gasteiger partial charge is 0.494 e. The molecule has 1 rings (SSSR count). The monoisotopic (exact) mass is 341 g/mol. The average Bonchev–Trinajstić information content (AvgIpc) is 2.51. The third kappa shape index (κ3) is 5.81. The quantitative estimate of drug-likeness (QED) is 0.721. The van der Waals surface area contributed by atoms with Gasteiger partial charge >= 0.3 is 5.97 Å². The fourth-order valence-electron chi connectivity index (χ4n) is 1.97. The van der Waals surface area contributed by atoms with Crippen LogP contribution < -0.4 is 10.1 Å². The molecule has 1 amide bonds. The molecule has 134 valence electrons. The molecular formula is C17H24FNO5. The Balaban J connectivity index is 2.77. The molecule has 0 radical (unpaired) electrons. The maximum absolute atomic E-state index is 13.8. The number of carboxylic acid groups (broad SMARTS) is 1. The van der Waals surface area contributed by atoms with Crippen molar-refractivity contribution in [2.24, 2.45) is 5.92 Å². The number of ether oxygens (including phenoxy) is 2. The maximum Gasteiger partial charge on any atom is 0.330 e. The molecule has 0 aliphatic heterocycles. The van der Waals surface area contributed by atoms with Gasteiger partial charge in [-0.05, 0) is 37.0 Å². The van der Waals surface area contributed by atoms with Crippen LogP contribution in [0.25, 0.3) is 0 Å². The highest BCUT2D eigenvalue weighted by atomic mass is 19.1. The van der Waals surface area contributed by atoms with Gasteiger partial charge < -0.3 is 19.9 Å². The summed E-state index contributed by atoms with van der Waals surface area (Å²) < 4.78 is 23.9. The molecule has 2 unspecified atom stereocenters. The summed E-state index contributed by atoms with van der Waals surface area (Å²) in [6.07, 6.45) is -0.00220. The van der Waals surface area contributed by atoms with E-state index >= 15 is 0 Å². The van der Waals surface area contributed by atoms with Crippen LogP contribution in [0.2, 0.25) is 0 Å². The standard InChI is InChI=1S/C17H24FNO5/c1-10(2)7-8-24-11(3)16(20)19-15(17(21)22)12-5-6-14(23-4)13(18)9-12/h5-6,9-11,15H,7-8H2,1-4H3,(H,19,20)(H,21,22). The lowest BCUT2D eigenvalue weighted by Crippen LogP contribution is -2.40. The molecule has 0 aliphatic carbocycles. The van der Waals surface area contributed by atoms with Crippen molar-refractivity contribution in [3.63, 3.8) is 0 Å². The lowest BCUT2D eigenvalue weighted by Gasteiger charge is -2.19. The van der Waals surface area contributed by atoms with Gasteiger partial charge in [-0.1, -0.05) is 19.9 Å². The summed E-state index contributed by atoms with van der Waals surface area (Å²) in [7, 11) is 1.31. The second kappa shape index (κ2) is 9.22. The van der Waals surface area contributed by atoms with E-state index in [4.69, 9.17) is 9.47 Å². The van der Waals surface area contributed by atoms with Crippen LogP contribution in [-0.2, 0) is 14.3 Å². The summed E-state index contributed by atoms with van der Waals surface area (Å²) in [4.78, 5) is 23.5. The number of halogens is 1. The molecule has 0 heterocycles. The average molecular weight is 341 g/mol. The van der Waals surface area contributed by atoms with Crippen molar-refractivity contribution in [3.8, 4) is 5.75 Å². The third-order valence-corrected chi connectivity index (χ3v) is 3.48. The first kappa shape index (κ1) is 19.9. The van der Waals surface area contributed by atoms with Crippen molar-refractivity contribution >= 4 is 11.9 Å². The number of benzene rings is 1. The number of hydrogen-bond acceptors (Lipinski definition) is 4. The molecule has 0 saturated carbocycles. The van der Waals surface area contributed by atoms with Crippen LogP contribution in [0, 0.1) is 11.7 Å². The smallest absolute Gasteiger partial charge is 0.330 e. The van der Waals surface area contributed by atoms with Gasteiger partial charge in [-0.25, -0.2) is 9.18 Å². The van der Waals surface area contributed by atoms with E-state index in [-0.39, 0.29) is 11.3 Å². The normalized spacial score (nSPS) is 13.4. The molecular weight excluding hydrogens is 317 g/mol. The van der Waals surface area contributed by atoms with Gasteiger partial charge in [0.15, 0.2) is 17.6 Å². The Labute approximate surface area is 141 Å². The first-order chi connectivity index (χ1) is 11.3. The Morgan fingerprint density at radius 1 is 1.29 bits per heavy atom. The van der Waals surface area contributed by atoms with Crippen molar-refractivity contribution in [1.82, 2.24) is 5.32 Å². The van der Waals surface area contributed by atoms with E-state index in [9.17, 15) is 19.1 Å². The summed E-state index contributed by atoms with van der Waals surface area (Å²) in [5.74, 6) is -2.12. The van der Waals surface area contributed by atoms with E-state index in [0.717, 1.165) is 12.5 Å². The van der Waals surface area contributed by atoms with Crippen LogP contribution in [-0.4, -0.2) is 36.8 Å². The molecule has 7 heteroatoms. The number of hydrogen-bond donors (Lipinski definition) is 2. The second-order valence-corrected chi connectivity index (χ2v) is 5.87. The van der Waals surface area contributed by atoms with Crippen LogP contribution >= 0.6 is 0 Å². The number of carbonyl (C=O) groups is 2. The minimum Gasteiger partial charge on any atom is -0.494 e. The summed E-state index contributed by atoms with van der Waals surface area (Å²) in [5, 5.41) is 11.7. The molecule has 1 aromatic rings. The Bertz CT molecular complexity index is 576. The topological polar surface area (TPSA) is 84.9 Å². The first-order valence-electron chi connectivity index (χ1n) is 7.74. The molecule has 0 fully saturated rings. The molecule has 0 aromatic heterocycles. The highest BCUT2D eigenvalue weighted by Crippen LogP contribution is 2.22. The Kier molecular flexibility index (Phi) is 7.64. The van der Waals surface area contributed by atoms with Gasteiger partial charge in [0.05, 0.1) is 7.11 Å². The van der Waals surface area contributed by atoms with Gasteiger partial charge in [0, 0.05) is 6.61 Å². The minimum atomic E-state index is -1.37. The summed E-state index contributed by atoms with van der Waals surface area (Å²) in [6, 6.07) is 2.37. The fourth-order valence-corrected chi connectivity index (χ4v) is 1.97. The van der Waals surface area contributed by atoms with Gasteiger partial charge in [-0.15, -0.1) is 0 Å². The van der Waals surface area contributed by atoms with Crippen molar-refractivity contribution in [3.05, 3.63) is 29.6 Å². The fraction of sp³-hybridized carbons (Fsp3) is 0.529. The zero-order valence-corrected chi connectivity index (χ0v) is 14.3. The first-order valence-corrected chi connectivity index (χ1v) is 7.74. The molecule has 0 saturated heterocycles. The molecule has 2 N–H and O–H groups in total. The molecule has 0 bridgehead atoms. The third-order valence-electron chi connectivity index (χ3n) is 3.48. The van der Waals surface area contributed by atoms with Crippen LogP contribution in [0.15, 0.2) is 18.2 Å². The lowest BCUT2D eigenvalue weighted by molar-refractivity contribution is -0.144. The van der Waals surface area contributed by atoms with Gasteiger partial charge in [0.1, 0.15) is 6.10 Å². The van der Waals surface area contributed by atoms with Crippen LogP contribution in [0.3, 0.4) is 0 Å². The van der Waals surface area contributed by atoms with E-state index in [1.165, 1.54) is 19.2 Å². The van der Waals surface area contributed by atoms with E-state index < -0.39 is 29.8 Å². The summed E-state index contributed by atoms with van der Waals surface area (Å²) >= 11 is 0. The summed E-state index contributed by atoms with van der Waals surface area (Å²) in [6.45, 7) is 6.02.